The van der Waals surface area contributed by atoms with Gasteiger partial charge >= 0.3 is 5.91 Å². The number of amides is 3. The van der Waals surface area contributed by atoms with Gasteiger partial charge in [0.15, 0.2) is 5.76 Å². The Labute approximate surface area is 168 Å². The maximum atomic E-state index is 12.6. The Hall–Kier alpha value is -3.35. The average molecular weight is 393 g/mol. The number of rotatable bonds is 3. The molecule has 0 radical (unpaired) electrons. The van der Waals surface area contributed by atoms with Crippen molar-refractivity contribution in [3.63, 3.8) is 0 Å². The number of hydrogen-bond acceptors (Lipinski definition) is 4. The third-order valence-corrected chi connectivity index (χ3v) is 5.36. The van der Waals surface area contributed by atoms with E-state index >= 15 is 0 Å². The fraction of sp³-hybridized carbons (Fsp3) is 0.318. The SMILES string of the molecule is Cc1c(C(=O)NNC(=O)CN2CCCCCC2=O)oc2c1ccc1ccccc12. The third kappa shape index (κ3) is 3.81. The molecule has 0 spiro atoms. The van der Waals surface area contributed by atoms with E-state index in [1.807, 2.05) is 43.3 Å². The van der Waals surface area contributed by atoms with Gasteiger partial charge < -0.3 is 9.32 Å². The first-order chi connectivity index (χ1) is 14.0. The van der Waals surface area contributed by atoms with Gasteiger partial charge in [-0.1, -0.05) is 42.8 Å². The van der Waals surface area contributed by atoms with Gasteiger partial charge in [-0.25, -0.2) is 0 Å². The number of fused-ring (bicyclic) bond motifs is 3. The van der Waals surface area contributed by atoms with E-state index < -0.39 is 11.8 Å². The first-order valence-corrected chi connectivity index (χ1v) is 9.82. The highest BCUT2D eigenvalue weighted by molar-refractivity contribution is 6.09. The summed E-state index contributed by atoms with van der Waals surface area (Å²) in [6, 6.07) is 11.7. The second kappa shape index (κ2) is 7.95. The second-order valence-electron chi connectivity index (χ2n) is 7.35. The van der Waals surface area contributed by atoms with E-state index in [0.29, 0.717) is 24.1 Å². The van der Waals surface area contributed by atoms with Gasteiger partial charge in [0.05, 0.1) is 0 Å². The number of hydrazine groups is 1. The molecule has 7 heteroatoms. The highest BCUT2D eigenvalue weighted by Gasteiger charge is 2.22. The van der Waals surface area contributed by atoms with E-state index in [4.69, 9.17) is 4.42 Å². The van der Waals surface area contributed by atoms with Gasteiger partial charge in [-0.15, -0.1) is 0 Å². The van der Waals surface area contributed by atoms with Gasteiger partial charge in [-0.05, 0) is 25.2 Å². The summed E-state index contributed by atoms with van der Waals surface area (Å²) in [6.45, 7) is 2.31. The highest BCUT2D eigenvalue weighted by atomic mass is 16.3. The highest BCUT2D eigenvalue weighted by Crippen LogP contribution is 2.31. The van der Waals surface area contributed by atoms with Crippen LogP contribution in [-0.4, -0.2) is 35.7 Å². The summed E-state index contributed by atoms with van der Waals surface area (Å²) in [4.78, 5) is 38.3. The van der Waals surface area contributed by atoms with E-state index in [9.17, 15) is 14.4 Å². The fourth-order valence-electron chi connectivity index (χ4n) is 3.77. The summed E-state index contributed by atoms with van der Waals surface area (Å²) in [6.07, 6.45) is 3.19. The van der Waals surface area contributed by atoms with Crippen molar-refractivity contribution in [2.45, 2.75) is 32.6 Å². The van der Waals surface area contributed by atoms with Crippen molar-refractivity contribution in [1.29, 1.82) is 0 Å². The lowest BCUT2D eigenvalue weighted by atomic mass is 10.1. The molecule has 2 N–H and O–H groups in total. The van der Waals surface area contributed by atoms with E-state index in [0.717, 1.165) is 35.4 Å². The molecule has 3 amide bonds. The monoisotopic (exact) mass is 393 g/mol. The van der Waals surface area contributed by atoms with Gasteiger partial charge in [0.25, 0.3) is 5.91 Å². The van der Waals surface area contributed by atoms with Crippen LogP contribution in [0.5, 0.6) is 0 Å². The number of furan rings is 1. The molecule has 0 aliphatic carbocycles. The molecule has 0 atom stereocenters. The Kier molecular flexibility index (Phi) is 5.20. The summed E-state index contributed by atoms with van der Waals surface area (Å²) < 4.78 is 5.86. The van der Waals surface area contributed by atoms with Crippen molar-refractivity contribution in [3.05, 3.63) is 47.7 Å². The first-order valence-electron chi connectivity index (χ1n) is 9.82. The van der Waals surface area contributed by atoms with Crippen LogP contribution in [0.3, 0.4) is 0 Å². The minimum absolute atomic E-state index is 0.0241. The minimum atomic E-state index is -0.529. The number of hydrogen-bond donors (Lipinski definition) is 2. The van der Waals surface area contributed by atoms with E-state index in [-0.39, 0.29) is 18.2 Å². The van der Waals surface area contributed by atoms with Crippen molar-refractivity contribution in [1.82, 2.24) is 15.8 Å². The smallest absolute Gasteiger partial charge is 0.305 e. The van der Waals surface area contributed by atoms with Crippen molar-refractivity contribution >= 4 is 39.5 Å². The van der Waals surface area contributed by atoms with Crippen LogP contribution in [-0.2, 0) is 9.59 Å². The van der Waals surface area contributed by atoms with Crippen LogP contribution >= 0.6 is 0 Å². The van der Waals surface area contributed by atoms with Gasteiger partial charge in [-0.3, -0.25) is 25.2 Å². The minimum Gasteiger partial charge on any atom is -0.450 e. The average Bonchev–Trinajstić information content (AvgIpc) is 2.94. The van der Waals surface area contributed by atoms with E-state index in [1.165, 1.54) is 4.90 Å². The zero-order valence-corrected chi connectivity index (χ0v) is 16.3. The molecule has 3 aromatic rings. The van der Waals surface area contributed by atoms with Crippen molar-refractivity contribution in [2.24, 2.45) is 0 Å². The number of carbonyl (C=O) groups is 3. The van der Waals surface area contributed by atoms with Crippen LogP contribution in [0.25, 0.3) is 21.7 Å². The molecule has 4 rings (SSSR count). The number of nitrogens with zero attached hydrogens (tertiary/aromatic N) is 1. The number of likely N-dealkylation sites (tertiary alicyclic amines) is 1. The largest absolute Gasteiger partial charge is 0.450 e. The standard InChI is InChI=1S/C22H23N3O4/c1-14-16-11-10-15-7-4-5-8-17(15)21(16)29-20(14)22(28)24-23-18(26)13-25-12-6-2-3-9-19(25)27/h4-5,7-8,10-11H,2-3,6,9,12-13H2,1H3,(H,23,26)(H,24,28). The zero-order valence-electron chi connectivity index (χ0n) is 16.3. The summed E-state index contributed by atoms with van der Waals surface area (Å²) in [7, 11) is 0. The predicted octanol–water partition coefficient (Wildman–Crippen LogP) is 3.06. The van der Waals surface area contributed by atoms with Crippen LogP contribution < -0.4 is 10.9 Å². The topological polar surface area (TPSA) is 91.7 Å². The van der Waals surface area contributed by atoms with Gasteiger partial charge in [0.1, 0.15) is 12.1 Å². The summed E-state index contributed by atoms with van der Waals surface area (Å²) in [5.41, 5.74) is 6.14. The summed E-state index contributed by atoms with van der Waals surface area (Å²) >= 11 is 0. The van der Waals surface area contributed by atoms with Crippen LogP contribution in [0, 0.1) is 6.92 Å². The Morgan fingerprint density at radius 1 is 1.03 bits per heavy atom. The lowest BCUT2D eigenvalue weighted by Crippen LogP contribution is -2.47. The molecule has 7 nitrogen and oxygen atoms in total. The molecule has 1 aliphatic rings. The molecule has 29 heavy (non-hydrogen) atoms. The van der Waals surface area contributed by atoms with Gasteiger partial charge in [0, 0.05) is 29.3 Å². The summed E-state index contributed by atoms with van der Waals surface area (Å²) in [5.74, 6) is -0.836. The van der Waals surface area contributed by atoms with Gasteiger partial charge in [-0.2, -0.15) is 0 Å². The Balaban J connectivity index is 1.46. The molecule has 1 fully saturated rings. The van der Waals surface area contributed by atoms with Crippen molar-refractivity contribution in [2.75, 3.05) is 13.1 Å². The molecule has 0 unspecified atom stereocenters. The van der Waals surface area contributed by atoms with Gasteiger partial charge in [0.2, 0.25) is 5.91 Å². The van der Waals surface area contributed by atoms with E-state index in [1.54, 1.807) is 0 Å². The molecule has 2 aromatic carbocycles. The fourth-order valence-corrected chi connectivity index (χ4v) is 3.77. The first kappa shape index (κ1) is 19.0. The normalized spacial score (nSPS) is 14.8. The number of benzene rings is 2. The number of aryl methyl sites for hydroxylation is 1. The molecular weight excluding hydrogens is 370 g/mol. The van der Waals surface area contributed by atoms with Crippen LogP contribution in [0.15, 0.2) is 40.8 Å². The molecule has 1 aromatic heterocycles. The second-order valence-corrected chi connectivity index (χ2v) is 7.35. The Morgan fingerprint density at radius 3 is 2.72 bits per heavy atom. The maximum absolute atomic E-state index is 12.6. The van der Waals surface area contributed by atoms with Crippen molar-refractivity contribution in [3.8, 4) is 0 Å². The van der Waals surface area contributed by atoms with Crippen LogP contribution in [0.1, 0.15) is 41.8 Å². The molecule has 150 valence electrons. The lowest BCUT2D eigenvalue weighted by molar-refractivity contribution is -0.135. The zero-order chi connectivity index (χ0) is 20.4. The molecule has 0 saturated carbocycles. The predicted molar refractivity (Wildman–Crippen MR) is 109 cm³/mol. The third-order valence-electron chi connectivity index (χ3n) is 5.36. The van der Waals surface area contributed by atoms with Crippen LogP contribution in [0.4, 0.5) is 0 Å². The molecule has 2 heterocycles. The molecule has 0 bridgehead atoms. The number of carbonyl (C=O) groups excluding carboxylic acids is 3. The van der Waals surface area contributed by atoms with Crippen LogP contribution in [0.2, 0.25) is 0 Å². The molecule has 1 saturated heterocycles. The Morgan fingerprint density at radius 2 is 1.86 bits per heavy atom. The quantitative estimate of drug-likeness (QED) is 0.669. The summed E-state index contributed by atoms with van der Waals surface area (Å²) in [5, 5.41) is 2.81. The molecular formula is C22H23N3O4. The van der Waals surface area contributed by atoms with Crippen molar-refractivity contribution < 1.29 is 18.8 Å². The van der Waals surface area contributed by atoms with E-state index in [2.05, 4.69) is 10.9 Å². The maximum Gasteiger partial charge on any atom is 0.305 e. The molecule has 1 aliphatic heterocycles. The number of nitrogens with one attached hydrogen (secondary N) is 2. The Bertz CT molecular complexity index is 1100. The lowest BCUT2D eigenvalue weighted by Gasteiger charge is -2.19.